The van der Waals surface area contributed by atoms with Crippen molar-refractivity contribution in [2.45, 2.75) is 19.8 Å². The van der Waals surface area contributed by atoms with Crippen LogP contribution in [-0.2, 0) is 12.8 Å². The van der Waals surface area contributed by atoms with E-state index < -0.39 is 5.97 Å². The molecule has 0 aromatic heterocycles. The van der Waals surface area contributed by atoms with Crippen LogP contribution in [0.1, 0.15) is 34.7 Å². The fourth-order valence-corrected chi connectivity index (χ4v) is 3.48. The standard InChI is InChI=1S/C24H23FN2/c1-3-17-14-21(23(15-26)24(25)27)10-9-19(17)12-16-11-18(4-2)22-8-6-5-7-20(22)13-16/h3,5-11,13-15,27H,1,4,12,26H2,2H3/b23-15-,27-24?. The van der Waals surface area contributed by atoms with Crippen molar-refractivity contribution in [1.82, 2.24) is 0 Å². The van der Waals surface area contributed by atoms with E-state index in [2.05, 4.69) is 49.9 Å². The highest BCUT2D eigenvalue weighted by Crippen LogP contribution is 2.26. The molecule has 3 N–H and O–H groups in total. The van der Waals surface area contributed by atoms with E-state index in [1.165, 1.54) is 21.9 Å². The number of nitrogens with one attached hydrogen (secondary N) is 1. The van der Waals surface area contributed by atoms with Crippen LogP contribution in [0.4, 0.5) is 4.39 Å². The number of rotatable bonds is 6. The van der Waals surface area contributed by atoms with Crippen LogP contribution >= 0.6 is 0 Å². The lowest BCUT2D eigenvalue weighted by molar-refractivity contribution is 0.807. The van der Waals surface area contributed by atoms with Gasteiger partial charge in [0, 0.05) is 6.20 Å². The zero-order valence-electron chi connectivity index (χ0n) is 15.4. The van der Waals surface area contributed by atoms with Crippen LogP contribution in [0.2, 0.25) is 0 Å². The number of hydrogen-bond donors (Lipinski definition) is 2. The number of nitrogens with two attached hydrogens (primary N) is 1. The van der Waals surface area contributed by atoms with Crippen molar-refractivity contribution in [1.29, 1.82) is 5.41 Å². The van der Waals surface area contributed by atoms with Gasteiger partial charge in [-0.05, 0) is 57.5 Å². The SMILES string of the molecule is C=Cc1cc(/C(=C/N)C(=N)F)ccc1Cc1cc(CC)c2ccccc2c1. The van der Waals surface area contributed by atoms with E-state index in [0.29, 0.717) is 5.56 Å². The Bertz CT molecular complexity index is 1050. The molecule has 2 nitrogen and oxygen atoms in total. The van der Waals surface area contributed by atoms with Crippen LogP contribution < -0.4 is 5.73 Å². The van der Waals surface area contributed by atoms with E-state index in [9.17, 15) is 4.39 Å². The highest BCUT2D eigenvalue weighted by atomic mass is 19.1. The van der Waals surface area contributed by atoms with Gasteiger partial charge in [-0.3, -0.25) is 5.41 Å². The molecule has 0 heterocycles. The van der Waals surface area contributed by atoms with E-state index in [1.54, 1.807) is 12.1 Å². The lowest BCUT2D eigenvalue weighted by atomic mass is 9.92. The van der Waals surface area contributed by atoms with Gasteiger partial charge in [-0.25, -0.2) is 0 Å². The lowest BCUT2D eigenvalue weighted by Crippen LogP contribution is -2.00. The number of fused-ring (bicyclic) bond motifs is 1. The number of hydrogen-bond acceptors (Lipinski definition) is 2. The number of allylic oxidation sites excluding steroid dienone is 1. The molecule has 27 heavy (non-hydrogen) atoms. The molecule has 3 rings (SSSR count). The number of halogens is 1. The Hall–Kier alpha value is -3.20. The highest BCUT2D eigenvalue weighted by Gasteiger charge is 2.11. The summed E-state index contributed by atoms with van der Waals surface area (Å²) < 4.78 is 13.4. The topological polar surface area (TPSA) is 49.9 Å². The predicted octanol–water partition coefficient (Wildman–Crippen LogP) is 5.88. The maximum atomic E-state index is 13.4. The van der Waals surface area contributed by atoms with Gasteiger partial charge in [-0.1, -0.05) is 68.1 Å². The molecule has 0 aliphatic carbocycles. The van der Waals surface area contributed by atoms with Crippen molar-refractivity contribution in [3.8, 4) is 0 Å². The summed E-state index contributed by atoms with van der Waals surface area (Å²) in [6.07, 6.45) is 4.62. The van der Waals surface area contributed by atoms with Gasteiger partial charge in [0.15, 0.2) is 0 Å². The van der Waals surface area contributed by atoms with Crippen molar-refractivity contribution in [3.63, 3.8) is 0 Å². The molecule has 0 amide bonds. The fraction of sp³-hybridized carbons (Fsp3) is 0.125. The average Bonchev–Trinajstić information content (AvgIpc) is 2.68. The summed E-state index contributed by atoms with van der Waals surface area (Å²) in [7, 11) is 0. The van der Waals surface area contributed by atoms with Gasteiger partial charge in [-0.2, -0.15) is 4.39 Å². The lowest BCUT2D eigenvalue weighted by Gasteiger charge is -2.13. The van der Waals surface area contributed by atoms with Gasteiger partial charge >= 0.3 is 0 Å². The van der Waals surface area contributed by atoms with E-state index in [4.69, 9.17) is 11.1 Å². The predicted molar refractivity (Wildman–Crippen MR) is 114 cm³/mol. The molecule has 0 atom stereocenters. The zero-order valence-corrected chi connectivity index (χ0v) is 15.4. The third-order valence-electron chi connectivity index (χ3n) is 4.86. The summed E-state index contributed by atoms with van der Waals surface area (Å²) in [6, 6.07) is 18.5. The third kappa shape index (κ3) is 3.82. The maximum absolute atomic E-state index is 13.4. The Labute approximate surface area is 159 Å². The smallest absolute Gasteiger partial charge is 0.214 e. The van der Waals surface area contributed by atoms with E-state index in [0.717, 1.165) is 30.2 Å². The highest BCUT2D eigenvalue weighted by molar-refractivity contribution is 6.17. The zero-order chi connectivity index (χ0) is 19.4. The number of benzene rings is 3. The second-order valence-electron chi connectivity index (χ2n) is 6.52. The van der Waals surface area contributed by atoms with E-state index in [1.807, 2.05) is 12.1 Å². The molecule has 0 saturated heterocycles. The molecule has 0 fully saturated rings. The summed E-state index contributed by atoms with van der Waals surface area (Å²) in [5.41, 5.74) is 10.7. The van der Waals surface area contributed by atoms with Crippen molar-refractivity contribution in [2.75, 3.05) is 0 Å². The molecule has 136 valence electrons. The van der Waals surface area contributed by atoms with Gasteiger partial charge in [0.2, 0.25) is 5.97 Å². The second-order valence-corrected chi connectivity index (χ2v) is 6.52. The summed E-state index contributed by atoms with van der Waals surface area (Å²) in [5.74, 6) is -1.04. The summed E-state index contributed by atoms with van der Waals surface area (Å²) in [6.45, 7) is 6.06. The Morgan fingerprint density at radius 1 is 1.11 bits per heavy atom. The van der Waals surface area contributed by atoms with Crippen molar-refractivity contribution in [3.05, 3.63) is 95.2 Å². The van der Waals surface area contributed by atoms with Crippen LogP contribution in [0.25, 0.3) is 22.4 Å². The monoisotopic (exact) mass is 358 g/mol. The van der Waals surface area contributed by atoms with Gasteiger partial charge in [0.05, 0.1) is 5.57 Å². The summed E-state index contributed by atoms with van der Waals surface area (Å²) in [5, 5.41) is 9.76. The van der Waals surface area contributed by atoms with Crippen molar-refractivity contribution >= 4 is 28.4 Å². The minimum absolute atomic E-state index is 0.0867. The first-order chi connectivity index (χ1) is 13.1. The molecule has 0 aliphatic rings. The van der Waals surface area contributed by atoms with Crippen molar-refractivity contribution in [2.24, 2.45) is 5.73 Å². The number of aryl methyl sites for hydroxylation is 1. The normalized spacial score (nSPS) is 11.6. The molecule has 3 heteroatoms. The molecule has 3 aromatic rings. The van der Waals surface area contributed by atoms with Crippen molar-refractivity contribution < 1.29 is 4.39 Å². The van der Waals surface area contributed by atoms with Crippen LogP contribution in [0.3, 0.4) is 0 Å². The minimum atomic E-state index is -1.04. The molecular formula is C24H23FN2. The second kappa shape index (κ2) is 8.00. The average molecular weight is 358 g/mol. The molecule has 0 saturated carbocycles. The quantitative estimate of drug-likeness (QED) is 0.531. The van der Waals surface area contributed by atoms with Gasteiger partial charge < -0.3 is 5.73 Å². The molecule has 3 aromatic carbocycles. The first kappa shape index (κ1) is 18.6. The van der Waals surface area contributed by atoms with Gasteiger partial charge in [-0.15, -0.1) is 0 Å². The van der Waals surface area contributed by atoms with E-state index in [-0.39, 0.29) is 5.57 Å². The molecule has 0 spiro atoms. The first-order valence-corrected chi connectivity index (χ1v) is 9.00. The molecule has 0 bridgehead atoms. The fourth-order valence-electron chi connectivity index (χ4n) is 3.48. The van der Waals surface area contributed by atoms with Crippen LogP contribution in [0, 0.1) is 5.41 Å². The Kier molecular flexibility index (Phi) is 5.51. The molecular weight excluding hydrogens is 335 g/mol. The first-order valence-electron chi connectivity index (χ1n) is 9.00. The third-order valence-corrected chi connectivity index (χ3v) is 4.86. The molecule has 0 aliphatic heterocycles. The Morgan fingerprint density at radius 2 is 1.89 bits per heavy atom. The van der Waals surface area contributed by atoms with E-state index >= 15 is 0 Å². The largest absolute Gasteiger partial charge is 0.404 e. The maximum Gasteiger partial charge on any atom is 0.214 e. The van der Waals surface area contributed by atoms with Crippen LogP contribution in [0.5, 0.6) is 0 Å². The van der Waals surface area contributed by atoms with Crippen LogP contribution in [0.15, 0.2) is 67.4 Å². The molecule has 0 radical (unpaired) electrons. The molecule has 0 unspecified atom stereocenters. The minimum Gasteiger partial charge on any atom is -0.404 e. The van der Waals surface area contributed by atoms with Gasteiger partial charge in [0.1, 0.15) is 0 Å². The Morgan fingerprint density at radius 3 is 2.56 bits per heavy atom. The Balaban J connectivity index is 2.02. The summed E-state index contributed by atoms with van der Waals surface area (Å²) in [4.78, 5) is 0. The summed E-state index contributed by atoms with van der Waals surface area (Å²) >= 11 is 0. The van der Waals surface area contributed by atoms with Crippen LogP contribution in [-0.4, -0.2) is 5.97 Å². The van der Waals surface area contributed by atoms with Gasteiger partial charge in [0.25, 0.3) is 0 Å².